The molecule has 0 saturated carbocycles. The molecule has 1 rings (SSSR count). The van der Waals surface area contributed by atoms with Gasteiger partial charge in [-0.3, -0.25) is 5.32 Å². The third-order valence-corrected chi connectivity index (χ3v) is 1.93. The SMILES string of the molecule is CC[C@@H]1NC(C)(C)OC1C=O. The van der Waals surface area contributed by atoms with E-state index in [2.05, 4.69) is 5.32 Å². The van der Waals surface area contributed by atoms with Crippen molar-refractivity contribution in [2.45, 2.75) is 45.1 Å². The van der Waals surface area contributed by atoms with Crippen LogP contribution in [0.15, 0.2) is 0 Å². The third-order valence-electron chi connectivity index (χ3n) is 1.93. The van der Waals surface area contributed by atoms with Crippen LogP contribution in [0.2, 0.25) is 0 Å². The third kappa shape index (κ3) is 1.79. The molecule has 0 amide bonds. The van der Waals surface area contributed by atoms with Crippen molar-refractivity contribution < 1.29 is 9.53 Å². The molecule has 1 heterocycles. The van der Waals surface area contributed by atoms with Gasteiger partial charge in [0.25, 0.3) is 0 Å². The van der Waals surface area contributed by atoms with Crippen molar-refractivity contribution in [1.82, 2.24) is 5.32 Å². The molecule has 0 aliphatic carbocycles. The molecule has 0 spiro atoms. The van der Waals surface area contributed by atoms with Crippen LogP contribution in [0.3, 0.4) is 0 Å². The Bertz CT molecular complexity index is 156. The Morgan fingerprint density at radius 1 is 1.64 bits per heavy atom. The topological polar surface area (TPSA) is 38.3 Å². The minimum absolute atomic E-state index is 0.183. The van der Waals surface area contributed by atoms with Crippen LogP contribution in [-0.4, -0.2) is 24.2 Å². The van der Waals surface area contributed by atoms with Gasteiger partial charge in [0.15, 0.2) is 0 Å². The van der Waals surface area contributed by atoms with E-state index < -0.39 is 0 Å². The summed E-state index contributed by atoms with van der Waals surface area (Å²) < 4.78 is 5.42. The van der Waals surface area contributed by atoms with Gasteiger partial charge in [-0.15, -0.1) is 0 Å². The highest BCUT2D eigenvalue weighted by Gasteiger charge is 2.37. The monoisotopic (exact) mass is 157 g/mol. The quantitative estimate of drug-likeness (QED) is 0.599. The molecule has 1 N–H and O–H groups in total. The van der Waals surface area contributed by atoms with Crippen LogP contribution in [0.1, 0.15) is 27.2 Å². The number of hydrogen-bond donors (Lipinski definition) is 1. The van der Waals surface area contributed by atoms with Gasteiger partial charge in [0, 0.05) is 6.04 Å². The summed E-state index contributed by atoms with van der Waals surface area (Å²) in [6.45, 7) is 5.90. The Morgan fingerprint density at radius 3 is 2.64 bits per heavy atom. The highest BCUT2D eigenvalue weighted by Crippen LogP contribution is 2.21. The number of aldehydes is 1. The summed E-state index contributed by atoms with van der Waals surface area (Å²) in [4.78, 5) is 10.5. The number of carbonyl (C=O) groups excluding carboxylic acids is 1. The fraction of sp³-hybridized carbons (Fsp3) is 0.875. The van der Waals surface area contributed by atoms with E-state index in [1.54, 1.807) is 0 Å². The molecule has 1 unspecified atom stereocenters. The summed E-state index contributed by atoms with van der Waals surface area (Å²) in [5.41, 5.74) is -0.341. The lowest BCUT2D eigenvalue weighted by Crippen LogP contribution is -2.38. The molecule has 0 radical (unpaired) electrons. The predicted molar refractivity (Wildman–Crippen MR) is 42.2 cm³/mol. The lowest BCUT2D eigenvalue weighted by molar-refractivity contribution is -0.121. The summed E-state index contributed by atoms with van der Waals surface area (Å²) in [7, 11) is 0. The van der Waals surface area contributed by atoms with Gasteiger partial charge in [-0.25, -0.2) is 0 Å². The molecule has 3 heteroatoms. The molecule has 0 aromatic carbocycles. The predicted octanol–water partition coefficient (Wildman–Crippen LogP) is 0.688. The number of nitrogens with one attached hydrogen (secondary N) is 1. The molecule has 64 valence electrons. The van der Waals surface area contributed by atoms with Crippen LogP contribution in [0.4, 0.5) is 0 Å². The Kier molecular flexibility index (Phi) is 2.30. The van der Waals surface area contributed by atoms with Gasteiger partial charge < -0.3 is 9.53 Å². The van der Waals surface area contributed by atoms with E-state index in [0.29, 0.717) is 0 Å². The van der Waals surface area contributed by atoms with Gasteiger partial charge >= 0.3 is 0 Å². The standard InChI is InChI=1S/C8H15NO2/c1-4-6-7(5-10)11-8(2,3)9-6/h5-7,9H,4H2,1-3H3/t6-,7?/m0/s1. The minimum atomic E-state index is -0.341. The summed E-state index contributed by atoms with van der Waals surface area (Å²) in [6.07, 6.45) is 1.53. The second-order valence-electron chi connectivity index (χ2n) is 3.39. The zero-order chi connectivity index (χ0) is 8.48. The molecule has 1 aliphatic rings. The lowest BCUT2D eigenvalue weighted by Gasteiger charge is -2.17. The lowest BCUT2D eigenvalue weighted by atomic mass is 10.1. The van der Waals surface area contributed by atoms with E-state index >= 15 is 0 Å². The molecular weight excluding hydrogens is 142 g/mol. The van der Waals surface area contributed by atoms with E-state index in [4.69, 9.17) is 4.74 Å². The van der Waals surface area contributed by atoms with Crippen LogP contribution in [0.25, 0.3) is 0 Å². The number of hydrogen-bond acceptors (Lipinski definition) is 3. The summed E-state index contributed by atoms with van der Waals surface area (Å²) in [5, 5.41) is 3.23. The molecule has 2 atom stereocenters. The second kappa shape index (κ2) is 2.91. The first kappa shape index (κ1) is 8.68. The largest absolute Gasteiger partial charge is 0.349 e. The first-order valence-electron chi connectivity index (χ1n) is 4.00. The fourth-order valence-electron chi connectivity index (χ4n) is 1.44. The average molecular weight is 157 g/mol. The minimum Gasteiger partial charge on any atom is -0.349 e. The van der Waals surface area contributed by atoms with Crippen LogP contribution in [0.5, 0.6) is 0 Å². The number of rotatable bonds is 2. The molecule has 1 aliphatic heterocycles. The maximum atomic E-state index is 10.5. The molecule has 3 nitrogen and oxygen atoms in total. The van der Waals surface area contributed by atoms with Crippen LogP contribution < -0.4 is 5.32 Å². The Morgan fingerprint density at radius 2 is 2.27 bits per heavy atom. The van der Waals surface area contributed by atoms with E-state index in [-0.39, 0.29) is 17.9 Å². The van der Waals surface area contributed by atoms with Crippen LogP contribution in [0, 0.1) is 0 Å². The van der Waals surface area contributed by atoms with Gasteiger partial charge in [0.05, 0.1) is 0 Å². The van der Waals surface area contributed by atoms with E-state index in [9.17, 15) is 4.79 Å². The zero-order valence-electron chi connectivity index (χ0n) is 7.26. The highest BCUT2D eigenvalue weighted by molar-refractivity contribution is 5.58. The van der Waals surface area contributed by atoms with E-state index in [0.717, 1.165) is 12.7 Å². The molecule has 1 fully saturated rings. The Balaban J connectivity index is 2.62. The maximum Gasteiger partial charge on any atom is 0.150 e. The van der Waals surface area contributed by atoms with Crippen molar-refractivity contribution >= 4 is 6.29 Å². The summed E-state index contributed by atoms with van der Waals surface area (Å²) in [5.74, 6) is 0. The fourth-order valence-corrected chi connectivity index (χ4v) is 1.44. The van der Waals surface area contributed by atoms with Crippen molar-refractivity contribution in [2.24, 2.45) is 0 Å². The Hall–Kier alpha value is -0.410. The highest BCUT2D eigenvalue weighted by atomic mass is 16.5. The van der Waals surface area contributed by atoms with Crippen molar-refractivity contribution in [3.8, 4) is 0 Å². The average Bonchev–Trinajstić information content (AvgIpc) is 2.25. The van der Waals surface area contributed by atoms with Crippen molar-refractivity contribution in [3.05, 3.63) is 0 Å². The van der Waals surface area contributed by atoms with E-state index in [1.165, 1.54) is 0 Å². The van der Waals surface area contributed by atoms with Gasteiger partial charge in [-0.1, -0.05) is 6.92 Å². The first-order chi connectivity index (χ1) is 5.09. The molecule has 0 aromatic rings. The smallest absolute Gasteiger partial charge is 0.150 e. The zero-order valence-corrected chi connectivity index (χ0v) is 7.26. The van der Waals surface area contributed by atoms with Crippen molar-refractivity contribution in [1.29, 1.82) is 0 Å². The number of carbonyl (C=O) groups is 1. The molecular formula is C8H15NO2. The second-order valence-corrected chi connectivity index (χ2v) is 3.39. The van der Waals surface area contributed by atoms with Crippen molar-refractivity contribution in [2.75, 3.05) is 0 Å². The molecule has 0 aromatic heterocycles. The first-order valence-corrected chi connectivity index (χ1v) is 4.00. The van der Waals surface area contributed by atoms with Crippen LogP contribution >= 0.6 is 0 Å². The van der Waals surface area contributed by atoms with Gasteiger partial charge in [0.1, 0.15) is 18.1 Å². The van der Waals surface area contributed by atoms with Crippen LogP contribution in [-0.2, 0) is 9.53 Å². The molecule has 0 bridgehead atoms. The summed E-state index contributed by atoms with van der Waals surface area (Å²) in [6, 6.07) is 0.183. The van der Waals surface area contributed by atoms with Crippen molar-refractivity contribution in [3.63, 3.8) is 0 Å². The maximum absolute atomic E-state index is 10.5. The van der Waals surface area contributed by atoms with Gasteiger partial charge in [0.2, 0.25) is 0 Å². The van der Waals surface area contributed by atoms with Gasteiger partial charge in [-0.2, -0.15) is 0 Å². The Labute approximate surface area is 67.1 Å². The van der Waals surface area contributed by atoms with Gasteiger partial charge in [-0.05, 0) is 20.3 Å². The molecule has 11 heavy (non-hydrogen) atoms. The normalized spacial score (nSPS) is 35.5. The molecule has 1 saturated heterocycles. The van der Waals surface area contributed by atoms with E-state index in [1.807, 2.05) is 20.8 Å². The summed E-state index contributed by atoms with van der Waals surface area (Å²) >= 11 is 0. The number of ether oxygens (including phenoxy) is 1.